The first kappa shape index (κ1) is 9.86. The van der Waals surface area contributed by atoms with E-state index in [1.165, 1.54) is 0 Å². The van der Waals surface area contributed by atoms with Crippen LogP contribution in [-0.2, 0) is 6.42 Å². The molecule has 4 nitrogen and oxygen atoms in total. The summed E-state index contributed by atoms with van der Waals surface area (Å²) in [6.45, 7) is 2.55. The van der Waals surface area contributed by atoms with E-state index < -0.39 is 0 Å². The Kier molecular flexibility index (Phi) is 2.78. The minimum absolute atomic E-state index is 0.534. The molecule has 0 atom stereocenters. The molecule has 4 heteroatoms. The fraction of sp³-hybridized carbons (Fsp3) is 0.273. The number of hydrogen-bond donors (Lipinski definition) is 1. The van der Waals surface area contributed by atoms with Gasteiger partial charge in [-0.05, 0) is 25.1 Å². The van der Waals surface area contributed by atoms with Crippen LogP contribution in [0, 0.1) is 6.92 Å². The largest absolute Gasteiger partial charge is 0.334 e. The zero-order valence-corrected chi connectivity index (χ0v) is 8.60. The third kappa shape index (κ3) is 2.05. The number of nitrogens with two attached hydrogens (primary N) is 1. The van der Waals surface area contributed by atoms with Crippen LogP contribution in [-0.4, -0.2) is 16.7 Å². The summed E-state index contributed by atoms with van der Waals surface area (Å²) in [5, 5.41) is 3.86. The van der Waals surface area contributed by atoms with Crippen LogP contribution in [0.15, 0.2) is 28.8 Å². The van der Waals surface area contributed by atoms with Crippen molar-refractivity contribution in [1.29, 1.82) is 0 Å². The van der Waals surface area contributed by atoms with Crippen LogP contribution in [0.25, 0.3) is 11.5 Å². The molecule has 0 amide bonds. The third-order valence-electron chi connectivity index (χ3n) is 2.21. The molecule has 0 spiro atoms. The Morgan fingerprint density at radius 3 is 2.87 bits per heavy atom. The Morgan fingerprint density at radius 2 is 2.13 bits per heavy atom. The van der Waals surface area contributed by atoms with Gasteiger partial charge in [-0.1, -0.05) is 23.4 Å². The first-order valence-corrected chi connectivity index (χ1v) is 4.90. The quantitative estimate of drug-likeness (QED) is 0.821. The SMILES string of the molecule is Cc1ccccc1-c1nc(CCN)no1. The predicted molar refractivity (Wildman–Crippen MR) is 57.2 cm³/mol. The van der Waals surface area contributed by atoms with Crippen molar-refractivity contribution in [3.05, 3.63) is 35.7 Å². The zero-order chi connectivity index (χ0) is 10.7. The van der Waals surface area contributed by atoms with Crippen LogP contribution in [0.2, 0.25) is 0 Å². The molecule has 1 aromatic heterocycles. The van der Waals surface area contributed by atoms with Crippen molar-refractivity contribution in [3.63, 3.8) is 0 Å². The van der Waals surface area contributed by atoms with Crippen molar-refractivity contribution >= 4 is 0 Å². The molecule has 0 unspecified atom stereocenters. The van der Waals surface area contributed by atoms with Gasteiger partial charge in [-0.3, -0.25) is 0 Å². The number of nitrogens with zero attached hydrogens (tertiary/aromatic N) is 2. The molecule has 0 fully saturated rings. The van der Waals surface area contributed by atoms with Gasteiger partial charge in [-0.25, -0.2) is 0 Å². The van der Waals surface area contributed by atoms with E-state index in [0.29, 0.717) is 24.7 Å². The molecular formula is C11H13N3O. The Bertz CT molecular complexity index is 451. The van der Waals surface area contributed by atoms with Crippen molar-refractivity contribution in [3.8, 4) is 11.5 Å². The van der Waals surface area contributed by atoms with Gasteiger partial charge in [-0.15, -0.1) is 0 Å². The first-order valence-electron chi connectivity index (χ1n) is 4.90. The van der Waals surface area contributed by atoms with E-state index >= 15 is 0 Å². The molecule has 0 aliphatic carbocycles. The normalized spacial score (nSPS) is 10.5. The number of aryl methyl sites for hydroxylation is 1. The molecule has 0 aliphatic heterocycles. The molecule has 0 bridgehead atoms. The van der Waals surface area contributed by atoms with Gasteiger partial charge >= 0.3 is 0 Å². The van der Waals surface area contributed by atoms with Crippen LogP contribution in [0.3, 0.4) is 0 Å². The molecule has 0 aliphatic rings. The Hall–Kier alpha value is -1.68. The Morgan fingerprint density at radius 1 is 1.33 bits per heavy atom. The second-order valence-corrected chi connectivity index (χ2v) is 3.37. The van der Waals surface area contributed by atoms with E-state index in [4.69, 9.17) is 10.3 Å². The van der Waals surface area contributed by atoms with Crippen molar-refractivity contribution in [1.82, 2.24) is 10.1 Å². The summed E-state index contributed by atoms with van der Waals surface area (Å²) in [6.07, 6.45) is 0.648. The predicted octanol–water partition coefficient (Wildman–Crippen LogP) is 1.55. The van der Waals surface area contributed by atoms with Crippen molar-refractivity contribution < 1.29 is 4.52 Å². The third-order valence-corrected chi connectivity index (χ3v) is 2.21. The topological polar surface area (TPSA) is 64.9 Å². The van der Waals surface area contributed by atoms with E-state index in [2.05, 4.69) is 10.1 Å². The van der Waals surface area contributed by atoms with Crippen molar-refractivity contribution in [2.75, 3.05) is 6.54 Å². The highest BCUT2D eigenvalue weighted by atomic mass is 16.5. The van der Waals surface area contributed by atoms with E-state index in [0.717, 1.165) is 11.1 Å². The monoisotopic (exact) mass is 203 g/mol. The van der Waals surface area contributed by atoms with Crippen molar-refractivity contribution in [2.45, 2.75) is 13.3 Å². The van der Waals surface area contributed by atoms with E-state index in [1.807, 2.05) is 31.2 Å². The maximum atomic E-state index is 5.42. The minimum atomic E-state index is 0.534. The summed E-state index contributed by atoms with van der Waals surface area (Å²) >= 11 is 0. The van der Waals surface area contributed by atoms with Crippen LogP contribution < -0.4 is 5.73 Å². The molecule has 0 saturated heterocycles. The van der Waals surface area contributed by atoms with Crippen molar-refractivity contribution in [2.24, 2.45) is 5.73 Å². The first-order chi connectivity index (χ1) is 7.31. The molecule has 2 aromatic rings. The fourth-order valence-electron chi connectivity index (χ4n) is 1.41. The van der Waals surface area contributed by atoms with E-state index in [-0.39, 0.29) is 0 Å². The standard InChI is InChI=1S/C11H13N3O/c1-8-4-2-3-5-9(8)11-13-10(6-7-12)14-15-11/h2-5H,6-7,12H2,1H3. The molecule has 2 N–H and O–H groups in total. The lowest BCUT2D eigenvalue weighted by molar-refractivity contribution is 0.422. The smallest absolute Gasteiger partial charge is 0.258 e. The second-order valence-electron chi connectivity index (χ2n) is 3.37. The summed E-state index contributed by atoms with van der Waals surface area (Å²) in [5.41, 5.74) is 7.52. The van der Waals surface area contributed by atoms with Crippen LogP contribution in [0.1, 0.15) is 11.4 Å². The second kappa shape index (κ2) is 4.23. The van der Waals surface area contributed by atoms with Gasteiger partial charge in [0.05, 0.1) is 0 Å². The minimum Gasteiger partial charge on any atom is -0.334 e. The molecule has 15 heavy (non-hydrogen) atoms. The van der Waals surface area contributed by atoms with Gasteiger partial charge in [0.1, 0.15) is 0 Å². The summed E-state index contributed by atoms with van der Waals surface area (Å²) < 4.78 is 5.17. The van der Waals surface area contributed by atoms with Crippen LogP contribution >= 0.6 is 0 Å². The highest BCUT2D eigenvalue weighted by Gasteiger charge is 2.09. The summed E-state index contributed by atoms with van der Waals surface area (Å²) in [6, 6.07) is 7.92. The van der Waals surface area contributed by atoms with E-state index in [9.17, 15) is 0 Å². The van der Waals surface area contributed by atoms with Gasteiger partial charge in [0, 0.05) is 12.0 Å². The number of hydrogen-bond acceptors (Lipinski definition) is 4. The molecule has 1 heterocycles. The average molecular weight is 203 g/mol. The van der Waals surface area contributed by atoms with Gasteiger partial charge in [0.15, 0.2) is 5.82 Å². The molecule has 0 saturated carbocycles. The number of rotatable bonds is 3. The lowest BCUT2D eigenvalue weighted by atomic mass is 10.1. The van der Waals surface area contributed by atoms with E-state index in [1.54, 1.807) is 0 Å². The number of aromatic nitrogens is 2. The maximum Gasteiger partial charge on any atom is 0.258 e. The summed E-state index contributed by atoms with van der Waals surface area (Å²) in [5.74, 6) is 1.23. The Balaban J connectivity index is 2.33. The van der Waals surface area contributed by atoms with Crippen LogP contribution in [0.5, 0.6) is 0 Å². The summed E-state index contributed by atoms with van der Waals surface area (Å²) in [7, 11) is 0. The van der Waals surface area contributed by atoms with Gasteiger partial charge in [0.2, 0.25) is 0 Å². The molecule has 1 aromatic carbocycles. The highest BCUT2D eigenvalue weighted by Crippen LogP contribution is 2.20. The van der Waals surface area contributed by atoms with Gasteiger partial charge in [0.25, 0.3) is 5.89 Å². The van der Waals surface area contributed by atoms with Crippen LogP contribution in [0.4, 0.5) is 0 Å². The Labute approximate surface area is 88.1 Å². The maximum absolute atomic E-state index is 5.42. The lowest BCUT2D eigenvalue weighted by Gasteiger charge is -1.97. The molecule has 2 rings (SSSR count). The highest BCUT2D eigenvalue weighted by molar-refractivity contribution is 5.57. The molecular weight excluding hydrogens is 190 g/mol. The van der Waals surface area contributed by atoms with Gasteiger partial charge in [-0.2, -0.15) is 4.98 Å². The number of benzene rings is 1. The molecule has 78 valence electrons. The average Bonchev–Trinajstić information content (AvgIpc) is 2.68. The fourth-order valence-corrected chi connectivity index (χ4v) is 1.41. The lowest BCUT2D eigenvalue weighted by Crippen LogP contribution is -2.03. The molecule has 0 radical (unpaired) electrons. The summed E-state index contributed by atoms with van der Waals surface area (Å²) in [4.78, 5) is 4.27. The zero-order valence-electron chi connectivity index (χ0n) is 8.60. The van der Waals surface area contributed by atoms with Gasteiger partial charge < -0.3 is 10.3 Å².